The number of aromatic nitrogens is 3. The van der Waals surface area contributed by atoms with E-state index in [1.165, 1.54) is 11.8 Å². The highest BCUT2D eigenvalue weighted by Gasteiger charge is 2.11. The maximum Gasteiger partial charge on any atom is 0.234 e. The number of aromatic amines is 1. The monoisotopic (exact) mass is 436 g/mol. The third kappa shape index (κ3) is 4.62. The second-order valence-electron chi connectivity index (χ2n) is 5.22. The van der Waals surface area contributed by atoms with Crippen LogP contribution in [-0.4, -0.2) is 26.8 Å². The van der Waals surface area contributed by atoms with Crippen LogP contribution in [0.1, 0.15) is 5.56 Å². The first-order chi connectivity index (χ1) is 12.0. The Hall–Kier alpha value is -1.83. The summed E-state index contributed by atoms with van der Waals surface area (Å²) in [6.07, 6.45) is 0. The number of thioether (sulfide) groups is 1. The van der Waals surface area contributed by atoms with E-state index in [1.54, 1.807) is 12.1 Å². The molecular formula is C17H14BrClN4OS. The van der Waals surface area contributed by atoms with Gasteiger partial charge in [-0.3, -0.25) is 9.89 Å². The lowest BCUT2D eigenvalue weighted by Gasteiger charge is -2.08. The first kappa shape index (κ1) is 18.0. The van der Waals surface area contributed by atoms with Crippen molar-refractivity contribution in [2.75, 3.05) is 11.1 Å². The summed E-state index contributed by atoms with van der Waals surface area (Å²) in [4.78, 5) is 16.5. The maximum absolute atomic E-state index is 12.1. The molecule has 8 heteroatoms. The van der Waals surface area contributed by atoms with E-state index in [4.69, 9.17) is 11.6 Å². The molecule has 5 nitrogen and oxygen atoms in total. The van der Waals surface area contributed by atoms with Gasteiger partial charge in [0.25, 0.3) is 0 Å². The molecule has 0 bridgehead atoms. The lowest BCUT2D eigenvalue weighted by molar-refractivity contribution is -0.113. The van der Waals surface area contributed by atoms with Crippen molar-refractivity contribution >= 4 is 50.9 Å². The number of carbonyl (C=O) groups is 1. The van der Waals surface area contributed by atoms with E-state index in [0.717, 1.165) is 15.6 Å². The van der Waals surface area contributed by atoms with Crippen LogP contribution in [0.25, 0.3) is 11.4 Å². The van der Waals surface area contributed by atoms with Gasteiger partial charge in [0.1, 0.15) is 0 Å². The third-order valence-corrected chi connectivity index (χ3v) is 5.24. The molecule has 2 N–H and O–H groups in total. The fraction of sp³-hybridized carbons (Fsp3) is 0.118. The molecule has 0 aliphatic carbocycles. The molecule has 0 aliphatic heterocycles. The third-order valence-electron chi connectivity index (χ3n) is 3.46. The zero-order valence-corrected chi connectivity index (χ0v) is 16.4. The van der Waals surface area contributed by atoms with E-state index in [2.05, 4.69) is 36.4 Å². The summed E-state index contributed by atoms with van der Waals surface area (Å²) in [7, 11) is 0. The van der Waals surface area contributed by atoms with E-state index in [9.17, 15) is 4.79 Å². The van der Waals surface area contributed by atoms with Gasteiger partial charge in [-0.2, -0.15) is 0 Å². The fourth-order valence-corrected chi connectivity index (χ4v) is 3.14. The minimum Gasteiger partial charge on any atom is -0.325 e. The summed E-state index contributed by atoms with van der Waals surface area (Å²) in [5, 5.41) is 11.0. The highest BCUT2D eigenvalue weighted by atomic mass is 79.9. The average molecular weight is 438 g/mol. The maximum atomic E-state index is 12.1. The average Bonchev–Trinajstić information content (AvgIpc) is 3.07. The van der Waals surface area contributed by atoms with E-state index in [1.807, 2.05) is 37.3 Å². The molecule has 25 heavy (non-hydrogen) atoms. The summed E-state index contributed by atoms with van der Waals surface area (Å²) in [5.74, 6) is 0.746. The Labute approximate surface area is 162 Å². The van der Waals surface area contributed by atoms with Gasteiger partial charge in [0, 0.05) is 20.7 Å². The second kappa shape index (κ2) is 8.03. The van der Waals surface area contributed by atoms with E-state index in [-0.39, 0.29) is 11.7 Å². The molecule has 128 valence electrons. The van der Waals surface area contributed by atoms with Crippen molar-refractivity contribution in [2.24, 2.45) is 0 Å². The largest absolute Gasteiger partial charge is 0.325 e. The molecule has 1 amide bonds. The lowest BCUT2D eigenvalue weighted by Crippen LogP contribution is -2.15. The van der Waals surface area contributed by atoms with E-state index < -0.39 is 0 Å². The van der Waals surface area contributed by atoms with Gasteiger partial charge in [0.2, 0.25) is 11.1 Å². The normalized spacial score (nSPS) is 10.7. The van der Waals surface area contributed by atoms with Crippen LogP contribution in [0, 0.1) is 6.92 Å². The molecule has 0 spiro atoms. The summed E-state index contributed by atoms with van der Waals surface area (Å²) in [6.45, 7) is 1.87. The molecule has 1 heterocycles. The van der Waals surface area contributed by atoms with E-state index >= 15 is 0 Å². The van der Waals surface area contributed by atoms with Gasteiger partial charge < -0.3 is 5.32 Å². The van der Waals surface area contributed by atoms with Crippen LogP contribution < -0.4 is 5.32 Å². The van der Waals surface area contributed by atoms with Crippen LogP contribution >= 0.6 is 39.3 Å². The Morgan fingerprint density at radius 2 is 2.04 bits per heavy atom. The second-order valence-corrected chi connectivity index (χ2v) is 7.49. The quantitative estimate of drug-likeness (QED) is 0.555. The molecule has 0 aliphatic rings. The van der Waals surface area contributed by atoms with Crippen molar-refractivity contribution in [3.8, 4) is 11.4 Å². The number of benzene rings is 2. The van der Waals surface area contributed by atoms with Gasteiger partial charge in [-0.1, -0.05) is 57.5 Å². The van der Waals surface area contributed by atoms with Crippen LogP contribution in [0.4, 0.5) is 5.69 Å². The van der Waals surface area contributed by atoms with Crippen LogP contribution in [0.2, 0.25) is 5.02 Å². The fourth-order valence-electron chi connectivity index (χ4n) is 2.11. The van der Waals surface area contributed by atoms with Crippen LogP contribution in [0.3, 0.4) is 0 Å². The summed E-state index contributed by atoms with van der Waals surface area (Å²) < 4.78 is 0.998. The molecule has 0 atom stereocenters. The molecule has 0 saturated carbocycles. The summed E-state index contributed by atoms with van der Waals surface area (Å²) in [5.41, 5.74) is 2.49. The number of halogens is 2. The van der Waals surface area contributed by atoms with Crippen molar-refractivity contribution in [1.82, 2.24) is 15.2 Å². The minimum absolute atomic E-state index is 0.134. The zero-order chi connectivity index (χ0) is 17.8. The van der Waals surface area contributed by atoms with Gasteiger partial charge >= 0.3 is 0 Å². The van der Waals surface area contributed by atoms with Crippen molar-refractivity contribution in [1.29, 1.82) is 0 Å². The number of H-pyrrole nitrogens is 1. The Bertz CT molecular complexity index is 898. The number of nitrogens with one attached hydrogen (secondary N) is 2. The Kier molecular flexibility index (Phi) is 5.78. The van der Waals surface area contributed by atoms with Crippen molar-refractivity contribution < 1.29 is 4.79 Å². The molecule has 0 saturated heterocycles. The predicted octanol–water partition coefficient (Wildman–Crippen LogP) is 4.93. The van der Waals surface area contributed by atoms with Gasteiger partial charge in [-0.05, 0) is 36.8 Å². The number of nitrogens with zero attached hydrogens (tertiary/aromatic N) is 2. The Morgan fingerprint density at radius 3 is 2.80 bits per heavy atom. The van der Waals surface area contributed by atoms with Crippen LogP contribution in [-0.2, 0) is 4.79 Å². The number of rotatable bonds is 5. The molecule has 3 rings (SSSR count). The van der Waals surface area contributed by atoms with Gasteiger partial charge in [0.15, 0.2) is 5.82 Å². The highest BCUT2D eigenvalue weighted by Crippen LogP contribution is 2.24. The van der Waals surface area contributed by atoms with Gasteiger partial charge in [0.05, 0.1) is 5.75 Å². The SMILES string of the molecule is Cc1c(Cl)cccc1NC(=O)CSc1n[nH]c(-c2ccc(Br)cc2)n1. The summed E-state index contributed by atoms with van der Waals surface area (Å²) in [6, 6.07) is 13.2. The minimum atomic E-state index is -0.134. The van der Waals surface area contributed by atoms with Crippen LogP contribution in [0.5, 0.6) is 0 Å². The topological polar surface area (TPSA) is 70.7 Å². The number of anilines is 1. The molecule has 2 aromatic carbocycles. The van der Waals surface area contributed by atoms with Crippen molar-refractivity contribution in [2.45, 2.75) is 12.1 Å². The smallest absolute Gasteiger partial charge is 0.234 e. The molecular weight excluding hydrogens is 424 g/mol. The molecule has 1 aromatic heterocycles. The Morgan fingerprint density at radius 1 is 1.28 bits per heavy atom. The highest BCUT2D eigenvalue weighted by molar-refractivity contribution is 9.10. The van der Waals surface area contributed by atoms with E-state index in [0.29, 0.717) is 21.7 Å². The lowest BCUT2D eigenvalue weighted by atomic mass is 10.2. The number of amides is 1. The van der Waals surface area contributed by atoms with Gasteiger partial charge in [-0.25, -0.2) is 4.98 Å². The first-order valence-corrected chi connectivity index (χ1v) is 9.54. The predicted molar refractivity (Wildman–Crippen MR) is 105 cm³/mol. The zero-order valence-electron chi connectivity index (χ0n) is 13.2. The molecule has 0 radical (unpaired) electrons. The van der Waals surface area contributed by atoms with Crippen LogP contribution in [0.15, 0.2) is 52.1 Å². The molecule has 3 aromatic rings. The summed E-state index contributed by atoms with van der Waals surface area (Å²) >= 11 is 10.7. The number of hydrogen-bond acceptors (Lipinski definition) is 4. The number of carbonyl (C=O) groups excluding carboxylic acids is 1. The first-order valence-electron chi connectivity index (χ1n) is 7.39. The van der Waals surface area contributed by atoms with Gasteiger partial charge in [-0.15, -0.1) is 5.10 Å². The molecule has 0 fully saturated rings. The molecule has 0 unspecified atom stereocenters. The Balaban J connectivity index is 1.59. The van der Waals surface area contributed by atoms with Crippen molar-refractivity contribution in [3.63, 3.8) is 0 Å². The standard InChI is InChI=1S/C17H14BrClN4OS/c1-10-13(19)3-2-4-14(10)20-15(24)9-25-17-21-16(22-23-17)11-5-7-12(18)8-6-11/h2-8H,9H2,1H3,(H,20,24)(H,21,22,23). The van der Waals surface area contributed by atoms with Crippen molar-refractivity contribution in [3.05, 3.63) is 57.5 Å². The number of hydrogen-bond donors (Lipinski definition) is 2.